The van der Waals surface area contributed by atoms with Crippen molar-refractivity contribution >= 4 is 5.78 Å². The Labute approximate surface area is 163 Å². The van der Waals surface area contributed by atoms with Crippen LogP contribution in [0, 0.1) is 18.3 Å². The topological polar surface area (TPSA) is 102 Å². The molecule has 1 heterocycles. The van der Waals surface area contributed by atoms with Crippen molar-refractivity contribution in [3.8, 4) is 17.7 Å². The van der Waals surface area contributed by atoms with Gasteiger partial charge in [0.15, 0.2) is 0 Å². The van der Waals surface area contributed by atoms with E-state index in [2.05, 4.69) is 0 Å². The minimum atomic E-state index is -0.626. The summed E-state index contributed by atoms with van der Waals surface area (Å²) in [5.74, 6) is -0.633. The molecule has 1 N–H and O–H groups in total. The Morgan fingerprint density at radius 1 is 1.32 bits per heavy atom. The van der Waals surface area contributed by atoms with Crippen molar-refractivity contribution in [2.24, 2.45) is 0 Å². The standard InChI is InChI=1S/C21H24N2O5/c1-13(2)28-11-7-10-23-20(25)16(12-22)14(3)18(21(23)26)19(24)15-8-5-6-9-17(15)27-4/h5-6,8-9,13,26H,7,10-11H2,1-4H3. The third kappa shape index (κ3) is 4.24. The van der Waals surface area contributed by atoms with Gasteiger partial charge in [-0.1, -0.05) is 12.1 Å². The Balaban J connectivity index is 2.55. The summed E-state index contributed by atoms with van der Waals surface area (Å²) in [6, 6.07) is 8.45. The summed E-state index contributed by atoms with van der Waals surface area (Å²) in [4.78, 5) is 25.7. The zero-order valence-corrected chi connectivity index (χ0v) is 16.5. The second-order valence-corrected chi connectivity index (χ2v) is 6.57. The third-order valence-corrected chi connectivity index (χ3v) is 4.36. The number of ether oxygens (including phenoxy) is 2. The first-order valence-corrected chi connectivity index (χ1v) is 8.99. The van der Waals surface area contributed by atoms with Crippen LogP contribution in [0.4, 0.5) is 0 Å². The first-order valence-electron chi connectivity index (χ1n) is 8.99. The highest BCUT2D eigenvalue weighted by molar-refractivity contribution is 6.13. The maximum absolute atomic E-state index is 13.1. The second kappa shape index (κ2) is 9.20. The van der Waals surface area contributed by atoms with Crippen LogP contribution in [-0.4, -0.2) is 35.3 Å². The molecule has 0 aliphatic rings. The highest BCUT2D eigenvalue weighted by Crippen LogP contribution is 2.28. The van der Waals surface area contributed by atoms with Crippen molar-refractivity contribution in [2.45, 2.75) is 39.8 Å². The SMILES string of the molecule is COc1ccccc1C(=O)c1c(C)c(C#N)c(=O)n(CCCOC(C)C)c1O. The van der Waals surface area contributed by atoms with Crippen molar-refractivity contribution in [3.05, 3.63) is 56.9 Å². The van der Waals surface area contributed by atoms with Crippen LogP contribution in [0.3, 0.4) is 0 Å². The van der Waals surface area contributed by atoms with Crippen LogP contribution in [0.25, 0.3) is 0 Å². The molecule has 0 amide bonds. The van der Waals surface area contributed by atoms with Gasteiger partial charge in [-0.3, -0.25) is 14.2 Å². The van der Waals surface area contributed by atoms with Crippen LogP contribution in [0.5, 0.6) is 11.6 Å². The summed E-state index contributed by atoms with van der Waals surface area (Å²) >= 11 is 0. The van der Waals surface area contributed by atoms with Crippen molar-refractivity contribution in [2.75, 3.05) is 13.7 Å². The zero-order chi connectivity index (χ0) is 20.8. The van der Waals surface area contributed by atoms with E-state index in [1.54, 1.807) is 24.3 Å². The molecule has 0 fully saturated rings. The number of carbonyl (C=O) groups is 1. The number of ketones is 1. The van der Waals surface area contributed by atoms with Gasteiger partial charge in [0.25, 0.3) is 5.56 Å². The molecule has 0 spiro atoms. The number of nitriles is 1. The van der Waals surface area contributed by atoms with Crippen LogP contribution in [0.1, 0.15) is 47.3 Å². The van der Waals surface area contributed by atoms with Crippen LogP contribution in [0.15, 0.2) is 29.1 Å². The van der Waals surface area contributed by atoms with E-state index in [9.17, 15) is 20.0 Å². The number of methoxy groups -OCH3 is 1. The molecule has 0 aliphatic heterocycles. The van der Waals surface area contributed by atoms with Gasteiger partial charge in [-0.15, -0.1) is 0 Å². The van der Waals surface area contributed by atoms with Gasteiger partial charge in [0.2, 0.25) is 11.7 Å². The number of benzene rings is 1. The lowest BCUT2D eigenvalue weighted by Crippen LogP contribution is -2.27. The number of pyridine rings is 1. The van der Waals surface area contributed by atoms with Crippen molar-refractivity contribution in [1.82, 2.24) is 4.57 Å². The van der Waals surface area contributed by atoms with Gasteiger partial charge >= 0.3 is 0 Å². The maximum Gasteiger partial charge on any atom is 0.271 e. The number of hydrogen-bond donors (Lipinski definition) is 1. The van der Waals surface area contributed by atoms with Gasteiger partial charge in [0, 0.05) is 13.2 Å². The lowest BCUT2D eigenvalue weighted by atomic mass is 9.96. The number of aromatic hydroxyl groups is 1. The van der Waals surface area contributed by atoms with Crippen LogP contribution in [-0.2, 0) is 11.3 Å². The van der Waals surface area contributed by atoms with E-state index in [4.69, 9.17) is 9.47 Å². The fourth-order valence-electron chi connectivity index (χ4n) is 2.94. The van der Waals surface area contributed by atoms with Crippen LogP contribution >= 0.6 is 0 Å². The van der Waals surface area contributed by atoms with Gasteiger partial charge in [-0.2, -0.15) is 5.26 Å². The van der Waals surface area contributed by atoms with E-state index in [-0.39, 0.29) is 34.9 Å². The summed E-state index contributed by atoms with van der Waals surface area (Å²) in [5.41, 5.74) is -0.485. The molecule has 0 aliphatic carbocycles. The van der Waals surface area contributed by atoms with E-state index in [1.165, 1.54) is 14.0 Å². The second-order valence-electron chi connectivity index (χ2n) is 6.57. The predicted molar refractivity (Wildman–Crippen MR) is 104 cm³/mol. The number of nitrogens with zero attached hydrogens (tertiary/aromatic N) is 2. The summed E-state index contributed by atoms with van der Waals surface area (Å²) in [5, 5.41) is 20.2. The average Bonchev–Trinajstić information content (AvgIpc) is 2.67. The molecular formula is C21H24N2O5. The fraction of sp³-hybridized carbons (Fsp3) is 0.381. The number of rotatable bonds is 8. The molecule has 0 saturated carbocycles. The molecule has 7 nitrogen and oxygen atoms in total. The summed E-state index contributed by atoms with van der Waals surface area (Å²) in [6.07, 6.45) is 0.489. The van der Waals surface area contributed by atoms with Gasteiger partial charge in [-0.05, 0) is 44.9 Å². The predicted octanol–water partition coefficient (Wildman–Crippen LogP) is 2.79. The first kappa shape index (κ1) is 21.2. The minimum absolute atomic E-state index is 0.0423. The number of aromatic nitrogens is 1. The summed E-state index contributed by atoms with van der Waals surface area (Å²) in [6.45, 7) is 5.78. The molecule has 148 valence electrons. The Kier molecular flexibility index (Phi) is 6.96. The third-order valence-electron chi connectivity index (χ3n) is 4.36. The smallest absolute Gasteiger partial charge is 0.271 e. The largest absolute Gasteiger partial charge is 0.496 e. The molecule has 28 heavy (non-hydrogen) atoms. The number of para-hydroxylation sites is 1. The molecule has 0 atom stereocenters. The van der Waals surface area contributed by atoms with Crippen LogP contribution < -0.4 is 10.3 Å². The molecule has 7 heteroatoms. The minimum Gasteiger partial charge on any atom is -0.496 e. The fourth-order valence-corrected chi connectivity index (χ4v) is 2.94. The molecule has 0 saturated heterocycles. The molecule has 1 aromatic heterocycles. The molecule has 2 rings (SSSR count). The van der Waals surface area contributed by atoms with Crippen molar-refractivity contribution < 1.29 is 19.4 Å². The monoisotopic (exact) mass is 384 g/mol. The van der Waals surface area contributed by atoms with Crippen LogP contribution in [0.2, 0.25) is 0 Å². The molecule has 2 aromatic rings. The maximum atomic E-state index is 13.1. The van der Waals surface area contributed by atoms with E-state index >= 15 is 0 Å². The van der Waals surface area contributed by atoms with Gasteiger partial charge in [0.05, 0.1) is 24.3 Å². The quantitative estimate of drug-likeness (QED) is 0.555. The van der Waals surface area contributed by atoms with E-state index in [0.717, 1.165) is 4.57 Å². The van der Waals surface area contributed by atoms with E-state index in [0.29, 0.717) is 18.8 Å². The normalized spacial score (nSPS) is 10.7. The molecule has 0 unspecified atom stereocenters. The Hall–Kier alpha value is -3.11. The summed E-state index contributed by atoms with van der Waals surface area (Å²) < 4.78 is 11.7. The Morgan fingerprint density at radius 2 is 2.00 bits per heavy atom. The van der Waals surface area contributed by atoms with Gasteiger partial charge in [-0.25, -0.2) is 0 Å². The molecule has 0 bridgehead atoms. The Bertz CT molecular complexity index is 970. The van der Waals surface area contributed by atoms with E-state index in [1.807, 2.05) is 19.9 Å². The van der Waals surface area contributed by atoms with Crippen molar-refractivity contribution in [1.29, 1.82) is 5.26 Å². The lowest BCUT2D eigenvalue weighted by Gasteiger charge is -2.16. The summed E-state index contributed by atoms with van der Waals surface area (Å²) in [7, 11) is 1.44. The first-order chi connectivity index (χ1) is 13.3. The molecule has 1 aromatic carbocycles. The number of carbonyl (C=O) groups excluding carboxylic acids is 1. The van der Waals surface area contributed by atoms with E-state index < -0.39 is 17.2 Å². The highest BCUT2D eigenvalue weighted by Gasteiger charge is 2.26. The number of hydrogen-bond acceptors (Lipinski definition) is 6. The van der Waals surface area contributed by atoms with Gasteiger partial charge < -0.3 is 14.6 Å². The molecule has 0 radical (unpaired) electrons. The van der Waals surface area contributed by atoms with Gasteiger partial charge in [0.1, 0.15) is 17.4 Å². The average molecular weight is 384 g/mol. The lowest BCUT2D eigenvalue weighted by molar-refractivity contribution is 0.0743. The highest BCUT2D eigenvalue weighted by atomic mass is 16.5. The molecular weight excluding hydrogens is 360 g/mol. The Morgan fingerprint density at radius 3 is 2.61 bits per heavy atom. The van der Waals surface area contributed by atoms with Crippen molar-refractivity contribution in [3.63, 3.8) is 0 Å². The zero-order valence-electron chi connectivity index (χ0n) is 16.5.